The van der Waals surface area contributed by atoms with Crippen LogP contribution < -0.4 is 11.3 Å². The number of nitrogens with one attached hydrogen (secondary N) is 1. The molecule has 1 aromatic rings. The predicted octanol–water partition coefficient (Wildman–Crippen LogP) is 1.27. The van der Waals surface area contributed by atoms with Crippen molar-refractivity contribution in [2.45, 2.75) is 26.1 Å². The lowest BCUT2D eigenvalue weighted by Gasteiger charge is -2.35. The Labute approximate surface area is 116 Å². The molecule has 3 N–H and O–H groups in total. The molecule has 1 aromatic heterocycles. The van der Waals surface area contributed by atoms with Gasteiger partial charge in [-0.1, -0.05) is 11.6 Å². The van der Waals surface area contributed by atoms with Gasteiger partial charge in [-0.2, -0.15) is 0 Å². The minimum atomic E-state index is -0.0946. The van der Waals surface area contributed by atoms with Crippen LogP contribution in [0.3, 0.4) is 0 Å². The molecule has 2 rings (SSSR count). The molecule has 1 saturated heterocycles. The number of nitrogens with two attached hydrogens (primary N) is 1. The number of hydrogen-bond acceptors (Lipinski definition) is 5. The Bertz CT molecular complexity index is 473. The number of halogens is 1. The van der Waals surface area contributed by atoms with Crippen molar-refractivity contribution in [2.75, 3.05) is 18.5 Å². The molecule has 1 amide bonds. The van der Waals surface area contributed by atoms with Crippen molar-refractivity contribution in [3.63, 3.8) is 0 Å². The summed E-state index contributed by atoms with van der Waals surface area (Å²) in [5.41, 5.74) is 2.86. The van der Waals surface area contributed by atoms with Gasteiger partial charge in [-0.05, 0) is 26.0 Å². The first kappa shape index (κ1) is 14.0. The number of nitrogens with zero attached hydrogens (tertiary/aromatic N) is 2. The third-order valence-corrected chi connectivity index (χ3v) is 3.09. The molecule has 0 spiro atoms. The number of hydrazine groups is 1. The summed E-state index contributed by atoms with van der Waals surface area (Å²) in [6.45, 7) is 5.02. The van der Waals surface area contributed by atoms with Crippen LogP contribution in [0.25, 0.3) is 0 Å². The van der Waals surface area contributed by atoms with Crippen LogP contribution in [0.1, 0.15) is 24.2 Å². The van der Waals surface area contributed by atoms with Crippen LogP contribution in [0.5, 0.6) is 0 Å². The van der Waals surface area contributed by atoms with E-state index in [0.717, 1.165) is 0 Å². The Hall–Kier alpha value is -1.37. The van der Waals surface area contributed by atoms with Crippen molar-refractivity contribution in [1.29, 1.82) is 0 Å². The highest BCUT2D eigenvalue weighted by Crippen LogP contribution is 2.18. The monoisotopic (exact) mass is 284 g/mol. The maximum absolute atomic E-state index is 12.4. The normalized spacial score (nSPS) is 23.3. The molecule has 6 nitrogen and oxygen atoms in total. The summed E-state index contributed by atoms with van der Waals surface area (Å²) in [6, 6.07) is 3.12. The Kier molecular flexibility index (Phi) is 4.24. The highest BCUT2D eigenvalue weighted by molar-refractivity contribution is 6.29. The number of pyridine rings is 1. The summed E-state index contributed by atoms with van der Waals surface area (Å²) in [6.07, 6.45) is 0.0502. The first-order valence-electron chi connectivity index (χ1n) is 6.08. The summed E-state index contributed by atoms with van der Waals surface area (Å²) < 4.78 is 5.61. The zero-order chi connectivity index (χ0) is 14.0. The van der Waals surface area contributed by atoms with Gasteiger partial charge in [0.25, 0.3) is 5.91 Å². The third-order valence-electron chi connectivity index (χ3n) is 2.90. The third kappa shape index (κ3) is 3.34. The summed E-state index contributed by atoms with van der Waals surface area (Å²) in [5.74, 6) is 5.57. The second-order valence-corrected chi connectivity index (χ2v) is 5.06. The van der Waals surface area contributed by atoms with Crippen LogP contribution in [0.4, 0.5) is 5.82 Å². The van der Waals surface area contributed by atoms with Crippen LogP contribution in [-0.4, -0.2) is 41.1 Å². The van der Waals surface area contributed by atoms with Crippen molar-refractivity contribution < 1.29 is 9.53 Å². The maximum Gasteiger partial charge on any atom is 0.254 e. The highest BCUT2D eigenvalue weighted by atomic mass is 35.5. The number of rotatable bonds is 2. The van der Waals surface area contributed by atoms with E-state index in [9.17, 15) is 4.79 Å². The van der Waals surface area contributed by atoms with Crippen molar-refractivity contribution in [1.82, 2.24) is 9.88 Å². The number of carbonyl (C=O) groups is 1. The summed E-state index contributed by atoms with van der Waals surface area (Å²) in [5, 5.41) is 0.230. The maximum atomic E-state index is 12.4. The van der Waals surface area contributed by atoms with E-state index in [-0.39, 0.29) is 23.3 Å². The smallest absolute Gasteiger partial charge is 0.254 e. The van der Waals surface area contributed by atoms with Gasteiger partial charge in [-0.3, -0.25) is 4.79 Å². The number of aromatic nitrogens is 1. The van der Waals surface area contributed by atoms with E-state index < -0.39 is 0 Å². The molecule has 0 bridgehead atoms. The summed E-state index contributed by atoms with van der Waals surface area (Å²) >= 11 is 5.87. The van der Waals surface area contributed by atoms with E-state index in [2.05, 4.69) is 10.4 Å². The van der Waals surface area contributed by atoms with Crippen LogP contribution in [-0.2, 0) is 4.74 Å². The average molecular weight is 285 g/mol. The molecule has 104 valence electrons. The molecule has 1 aliphatic heterocycles. The average Bonchev–Trinajstić information content (AvgIpc) is 2.35. The fourth-order valence-electron chi connectivity index (χ4n) is 2.22. The number of anilines is 1. The number of ether oxygens (including phenoxy) is 1. The molecule has 2 atom stereocenters. The zero-order valence-corrected chi connectivity index (χ0v) is 11.6. The van der Waals surface area contributed by atoms with Crippen LogP contribution in [0.2, 0.25) is 5.15 Å². The second kappa shape index (κ2) is 5.73. The lowest BCUT2D eigenvalue weighted by atomic mass is 10.1. The van der Waals surface area contributed by atoms with E-state index in [1.165, 1.54) is 6.07 Å². The minimum absolute atomic E-state index is 0.0251. The molecule has 1 fully saturated rings. The molecule has 2 heterocycles. The molecular weight excluding hydrogens is 268 g/mol. The van der Waals surface area contributed by atoms with Crippen LogP contribution in [0.15, 0.2) is 12.1 Å². The molecule has 0 aliphatic carbocycles. The van der Waals surface area contributed by atoms with Crippen molar-refractivity contribution in [3.05, 3.63) is 22.8 Å². The van der Waals surface area contributed by atoms with E-state index in [1.54, 1.807) is 11.0 Å². The van der Waals surface area contributed by atoms with Gasteiger partial charge in [-0.25, -0.2) is 10.8 Å². The van der Waals surface area contributed by atoms with Gasteiger partial charge >= 0.3 is 0 Å². The zero-order valence-electron chi connectivity index (χ0n) is 10.9. The quantitative estimate of drug-likeness (QED) is 0.486. The largest absolute Gasteiger partial charge is 0.372 e. The Morgan fingerprint density at radius 3 is 2.68 bits per heavy atom. The Balaban J connectivity index is 2.21. The van der Waals surface area contributed by atoms with Crippen molar-refractivity contribution >= 4 is 23.3 Å². The second-order valence-electron chi connectivity index (χ2n) is 4.68. The van der Waals surface area contributed by atoms with Gasteiger partial charge in [-0.15, -0.1) is 0 Å². The molecule has 1 aliphatic rings. The fraction of sp³-hybridized carbons (Fsp3) is 0.500. The molecule has 0 aromatic carbocycles. The fourth-order valence-corrected chi connectivity index (χ4v) is 2.43. The molecule has 2 unspecified atom stereocenters. The molecule has 19 heavy (non-hydrogen) atoms. The Morgan fingerprint density at radius 1 is 1.47 bits per heavy atom. The van der Waals surface area contributed by atoms with Gasteiger partial charge < -0.3 is 15.1 Å². The van der Waals surface area contributed by atoms with Gasteiger partial charge in [0.15, 0.2) is 0 Å². The van der Waals surface area contributed by atoms with Crippen LogP contribution in [0, 0.1) is 0 Å². The first-order valence-corrected chi connectivity index (χ1v) is 6.46. The van der Waals surface area contributed by atoms with E-state index >= 15 is 0 Å². The lowest BCUT2D eigenvalue weighted by molar-refractivity contribution is -0.0586. The molecule has 0 saturated carbocycles. The van der Waals surface area contributed by atoms with Gasteiger partial charge in [0.1, 0.15) is 11.0 Å². The Morgan fingerprint density at radius 2 is 2.11 bits per heavy atom. The SMILES string of the molecule is CC1CN(C(=O)c2cc(Cl)nc(NN)c2)CC(C)O1. The van der Waals surface area contributed by atoms with Crippen molar-refractivity contribution in [3.8, 4) is 0 Å². The number of nitrogen functional groups attached to an aromatic ring is 1. The van der Waals surface area contributed by atoms with Gasteiger partial charge in [0.2, 0.25) is 0 Å². The topological polar surface area (TPSA) is 80.5 Å². The highest BCUT2D eigenvalue weighted by Gasteiger charge is 2.27. The van der Waals surface area contributed by atoms with Gasteiger partial charge in [0.05, 0.1) is 12.2 Å². The number of morpholine rings is 1. The lowest BCUT2D eigenvalue weighted by Crippen LogP contribution is -2.48. The standard InChI is InChI=1S/C12H17ClN4O2/c1-7-5-17(6-8(2)19-7)12(18)9-3-10(13)15-11(4-9)16-14/h3-4,7-8H,5-6,14H2,1-2H3,(H,15,16). The van der Waals surface area contributed by atoms with Crippen LogP contribution >= 0.6 is 11.6 Å². The summed E-state index contributed by atoms with van der Waals surface area (Å²) in [7, 11) is 0. The minimum Gasteiger partial charge on any atom is -0.372 e. The number of hydrogen-bond donors (Lipinski definition) is 2. The predicted molar refractivity (Wildman–Crippen MR) is 73.0 cm³/mol. The van der Waals surface area contributed by atoms with Crippen molar-refractivity contribution in [2.24, 2.45) is 5.84 Å². The number of amides is 1. The number of carbonyl (C=O) groups excluding carboxylic acids is 1. The summed E-state index contributed by atoms with van der Waals surface area (Å²) in [4.78, 5) is 18.1. The van der Waals surface area contributed by atoms with E-state index in [1.807, 2.05) is 13.8 Å². The first-order chi connectivity index (χ1) is 8.99. The van der Waals surface area contributed by atoms with E-state index in [4.69, 9.17) is 22.2 Å². The molecule has 0 radical (unpaired) electrons. The molecular formula is C12H17ClN4O2. The molecule has 7 heteroatoms. The van der Waals surface area contributed by atoms with E-state index in [0.29, 0.717) is 24.5 Å². The van der Waals surface area contributed by atoms with Gasteiger partial charge in [0, 0.05) is 18.7 Å².